The molecule has 4 nitrogen and oxygen atoms in total. The average molecular weight is 265 g/mol. The molecule has 1 amide bonds. The Morgan fingerprint density at radius 2 is 2.42 bits per heavy atom. The molecule has 0 aliphatic carbocycles. The number of likely N-dealkylation sites (N-methyl/N-ethyl adjacent to an activating group) is 1. The molecular weight excluding hydrogens is 245 g/mol. The van der Waals surface area contributed by atoms with Crippen LogP contribution in [0.1, 0.15) is 12.8 Å². The van der Waals surface area contributed by atoms with E-state index in [9.17, 15) is 9.18 Å². The van der Waals surface area contributed by atoms with E-state index in [1.807, 2.05) is 7.05 Å². The van der Waals surface area contributed by atoms with Crippen LogP contribution in [0.25, 0.3) is 0 Å². The third kappa shape index (κ3) is 4.29. The fourth-order valence-electron chi connectivity index (χ4n) is 2.27. The number of carbonyl (C=O) groups excluding carboxylic acids is 1. The predicted octanol–water partition coefficient (Wildman–Crippen LogP) is 1.45. The van der Waals surface area contributed by atoms with Gasteiger partial charge in [-0.05, 0) is 38.2 Å². The van der Waals surface area contributed by atoms with Gasteiger partial charge in [0.1, 0.15) is 5.82 Å². The summed E-state index contributed by atoms with van der Waals surface area (Å²) in [7, 11) is 2.03. The molecule has 0 saturated carbocycles. The number of nitrogens with zero attached hydrogens (tertiary/aromatic N) is 1. The molecule has 1 heterocycles. The first-order chi connectivity index (χ1) is 9.15. The molecule has 1 aromatic carbocycles. The van der Waals surface area contributed by atoms with Crippen molar-refractivity contribution < 1.29 is 9.18 Å². The summed E-state index contributed by atoms with van der Waals surface area (Å²) in [6, 6.07) is 6.47. The van der Waals surface area contributed by atoms with Gasteiger partial charge in [0.05, 0.1) is 0 Å². The maximum absolute atomic E-state index is 13.0. The van der Waals surface area contributed by atoms with Gasteiger partial charge >= 0.3 is 0 Å². The summed E-state index contributed by atoms with van der Waals surface area (Å²) in [4.78, 5) is 14.0. The number of carbonyl (C=O) groups is 1. The molecule has 1 aromatic rings. The number of anilines is 1. The Kier molecular flexibility index (Phi) is 4.87. The van der Waals surface area contributed by atoms with Crippen molar-refractivity contribution in [2.24, 2.45) is 0 Å². The second-order valence-electron chi connectivity index (χ2n) is 4.94. The first kappa shape index (κ1) is 14.0. The minimum Gasteiger partial charge on any atom is -0.326 e. The van der Waals surface area contributed by atoms with Crippen LogP contribution < -0.4 is 10.6 Å². The summed E-state index contributed by atoms with van der Waals surface area (Å²) < 4.78 is 13.0. The second kappa shape index (κ2) is 6.63. The van der Waals surface area contributed by atoms with Gasteiger partial charge < -0.3 is 15.5 Å². The summed E-state index contributed by atoms with van der Waals surface area (Å²) in [5.74, 6) is -0.421. The largest absolute Gasteiger partial charge is 0.326 e. The fraction of sp³-hybridized carbons (Fsp3) is 0.500. The molecule has 0 aromatic heterocycles. The van der Waals surface area contributed by atoms with Crippen molar-refractivity contribution in [2.75, 3.05) is 32.0 Å². The molecule has 1 saturated heterocycles. The van der Waals surface area contributed by atoms with E-state index in [2.05, 4.69) is 15.5 Å². The lowest BCUT2D eigenvalue weighted by Crippen LogP contribution is -2.35. The van der Waals surface area contributed by atoms with Crippen LogP contribution in [0.2, 0.25) is 0 Å². The van der Waals surface area contributed by atoms with Crippen molar-refractivity contribution in [3.8, 4) is 0 Å². The summed E-state index contributed by atoms with van der Waals surface area (Å²) >= 11 is 0. The second-order valence-corrected chi connectivity index (χ2v) is 4.94. The van der Waals surface area contributed by atoms with E-state index in [1.165, 1.54) is 12.1 Å². The number of benzene rings is 1. The molecule has 5 heteroatoms. The zero-order chi connectivity index (χ0) is 13.7. The maximum atomic E-state index is 13.0. The van der Waals surface area contributed by atoms with Gasteiger partial charge in [-0.1, -0.05) is 6.07 Å². The molecule has 0 bridgehead atoms. The highest BCUT2D eigenvalue weighted by atomic mass is 19.1. The lowest BCUT2D eigenvalue weighted by Gasteiger charge is -2.22. The number of nitrogens with one attached hydrogen (secondary N) is 2. The number of halogens is 1. The molecule has 1 aliphatic rings. The smallest absolute Gasteiger partial charge is 0.225 e. The quantitative estimate of drug-likeness (QED) is 0.847. The summed E-state index contributed by atoms with van der Waals surface area (Å²) in [5, 5.41) is 6.01. The Hall–Kier alpha value is -1.46. The van der Waals surface area contributed by atoms with Gasteiger partial charge in [-0.2, -0.15) is 0 Å². The van der Waals surface area contributed by atoms with Crippen molar-refractivity contribution in [1.29, 1.82) is 0 Å². The minimum absolute atomic E-state index is 0.0802. The third-order valence-electron chi connectivity index (χ3n) is 3.46. The SMILES string of the molecule is CN(CCC(=O)Nc1cccc(F)c1)C1CCNC1. The Labute approximate surface area is 113 Å². The highest BCUT2D eigenvalue weighted by Crippen LogP contribution is 2.10. The van der Waals surface area contributed by atoms with Crippen LogP contribution in [0.15, 0.2) is 24.3 Å². The summed E-state index contributed by atoms with van der Waals surface area (Å²) in [5.41, 5.74) is 0.509. The van der Waals surface area contributed by atoms with Crippen molar-refractivity contribution in [3.05, 3.63) is 30.1 Å². The van der Waals surface area contributed by atoms with Gasteiger partial charge in [0.15, 0.2) is 0 Å². The Bertz CT molecular complexity index is 432. The Balaban J connectivity index is 1.75. The zero-order valence-corrected chi connectivity index (χ0v) is 11.2. The van der Waals surface area contributed by atoms with Crippen LogP contribution in [0.5, 0.6) is 0 Å². The maximum Gasteiger partial charge on any atom is 0.225 e. The Morgan fingerprint density at radius 1 is 1.58 bits per heavy atom. The van der Waals surface area contributed by atoms with Crippen molar-refractivity contribution in [2.45, 2.75) is 18.9 Å². The topological polar surface area (TPSA) is 44.4 Å². The highest BCUT2D eigenvalue weighted by molar-refractivity contribution is 5.90. The average Bonchev–Trinajstić information content (AvgIpc) is 2.90. The van der Waals surface area contributed by atoms with E-state index in [1.54, 1.807) is 12.1 Å². The summed E-state index contributed by atoms with van der Waals surface area (Å²) in [6.07, 6.45) is 1.55. The molecule has 2 N–H and O–H groups in total. The van der Waals surface area contributed by atoms with Crippen LogP contribution >= 0.6 is 0 Å². The molecule has 0 spiro atoms. The molecule has 104 valence electrons. The van der Waals surface area contributed by atoms with Crippen LogP contribution in [0, 0.1) is 5.82 Å². The molecule has 1 fully saturated rings. The standard InChI is InChI=1S/C14H20FN3O/c1-18(13-5-7-16-10-13)8-6-14(19)17-12-4-2-3-11(15)9-12/h2-4,9,13,16H,5-8,10H2,1H3,(H,17,19). The van der Waals surface area contributed by atoms with Gasteiger partial charge in [-0.25, -0.2) is 4.39 Å². The van der Waals surface area contributed by atoms with Gasteiger partial charge in [0, 0.05) is 31.2 Å². The van der Waals surface area contributed by atoms with Gasteiger partial charge in [0.2, 0.25) is 5.91 Å². The Morgan fingerprint density at radius 3 is 3.11 bits per heavy atom. The third-order valence-corrected chi connectivity index (χ3v) is 3.46. The summed E-state index contributed by atoms with van der Waals surface area (Å²) in [6.45, 7) is 2.75. The molecule has 0 radical (unpaired) electrons. The highest BCUT2D eigenvalue weighted by Gasteiger charge is 2.19. The molecule has 1 unspecified atom stereocenters. The van der Waals surface area contributed by atoms with Gasteiger partial charge in [-0.15, -0.1) is 0 Å². The normalized spacial score (nSPS) is 18.8. The number of amides is 1. The van der Waals surface area contributed by atoms with Crippen molar-refractivity contribution in [3.63, 3.8) is 0 Å². The number of rotatable bonds is 5. The van der Waals surface area contributed by atoms with E-state index >= 15 is 0 Å². The van der Waals surface area contributed by atoms with E-state index in [0.29, 0.717) is 24.7 Å². The molecule has 19 heavy (non-hydrogen) atoms. The van der Waals surface area contributed by atoms with Crippen molar-refractivity contribution in [1.82, 2.24) is 10.2 Å². The van der Waals surface area contributed by atoms with Crippen molar-refractivity contribution >= 4 is 11.6 Å². The molecule has 1 atom stereocenters. The van der Waals surface area contributed by atoms with Crippen LogP contribution in [0.4, 0.5) is 10.1 Å². The van der Waals surface area contributed by atoms with E-state index < -0.39 is 0 Å². The number of hydrogen-bond acceptors (Lipinski definition) is 3. The first-order valence-electron chi connectivity index (χ1n) is 6.61. The van der Waals surface area contributed by atoms with Gasteiger partial charge in [-0.3, -0.25) is 4.79 Å². The van der Waals surface area contributed by atoms with Crippen LogP contribution in [0.3, 0.4) is 0 Å². The van der Waals surface area contributed by atoms with Crippen LogP contribution in [-0.2, 0) is 4.79 Å². The van der Waals surface area contributed by atoms with E-state index in [-0.39, 0.29) is 11.7 Å². The molecule has 1 aliphatic heterocycles. The molecule has 2 rings (SSSR count). The zero-order valence-electron chi connectivity index (χ0n) is 11.2. The van der Waals surface area contributed by atoms with Gasteiger partial charge in [0.25, 0.3) is 0 Å². The monoisotopic (exact) mass is 265 g/mol. The lowest BCUT2D eigenvalue weighted by atomic mass is 10.2. The fourth-order valence-corrected chi connectivity index (χ4v) is 2.27. The van der Waals surface area contributed by atoms with E-state index in [0.717, 1.165) is 19.5 Å². The van der Waals surface area contributed by atoms with Crippen LogP contribution in [-0.4, -0.2) is 43.5 Å². The lowest BCUT2D eigenvalue weighted by molar-refractivity contribution is -0.116. The molecular formula is C14H20FN3O. The predicted molar refractivity (Wildman–Crippen MR) is 73.6 cm³/mol. The number of hydrogen-bond donors (Lipinski definition) is 2. The first-order valence-corrected chi connectivity index (χ1v) is 6.61. The van der Waals surface area contributed by atoms with E-state index in [4.69, 9.17) is 0 Å². The minimum atomic E-state index is -0.341.